The molecule has 0 atom stereocenters. The van der Waals surface area contributed by atoms with Gasteiger partial charge in [0.1, 0.15) is 74.1 Å². The Morgan fingerprint density at radius 3 is 0.742 bits per heavy atom. The summed E-state index contributed by atoms with van der Waals surface area (Å²) in [6.45, 7) is 1.60. The minimum absolute atomic E-state index is 0.212. The number of hydrogen-bond acceptors (Lipinski definition) is 10. The van der Waals surface area contributed by atoms with E-state index in [1.807, 2.05) is 109 Å². The zero-order valence-corrected chi connectivity index (χ0v) is 33.5. The number of rotatable bonds is 18. The molecule has 0 aliphatic rings. The summed E-state index contributed by atoms with van der Waals surface area (Å²) < 4.78 is 37.2. The van der Waals surface area contributed by atoms with E-state index in [-0.39, 0.29) is 13.2 Å². The minimum Gasteiger partial charge on any atom is -0.489 e. The second-order valence-electron chi connectivity index (χ2n) is 14.1. The van der Waals surface area contributed by atoms with Gasteiger partial charge in [-0.05, 0) is 118 Å². The number of nitriles is 4. The van der Waals surface area contributed by atoms with Crippen molar-refractivity contribution in [1.29, 1.82) is 21.0 Å². The van der Waals surface area contributed by atoms with Gasteiger partial charge in [0.05, 0.1) is 46.5 Å². The smallest absolute Gasteiger partial charge is 0.123 e. The maximum Gasteiger partial charge on any atom is 0.123 e. The summed E-state index contributed by atoms with van der Waals surface area (Å²) in [7, 11) is 0. The highest BCUT2D eigenvalue weighted by Crippen LogP contribution is 2.29. The second kappa shape index (κ2) is 20.8. The summed E-state index contributed by atoms with van der Waals surface area (Å²) in [6, 6.07) is 56.1. The Bertz CT molecular complexity index is 2430. The van der Waals surface area contributed by atoms with Gasteiger partial charge < -0.3 is 28.4 Å². The second-order valence-corrected chi connectivity index (χ2v) is 14.1. The van der Waals surface area contributed by atoms with Crippen LogP contribution in [0.25, 0.3) is 0 Å². The van der Waals surface area contributed by atoms with Crippen LogP contribution in [0, 0.1) is 45.3 Å². The molecule has 7 rings (SSSR count). The van der Waals surface area contributed by atoms with E-state index in [1.54, 1.807) is 48.5 Å². The van der Waals surface area contributed by atoms with Crippen molar-refractivity contribution in [2.24, 2.45) is 0 Å². The molecule has 62 heavy (non-hydrogen) atoms. The summed E-state index contributed by atoms with van der Waals surface area (Å²) in [5.74, 6) is 3.54. The van der Waals surface area contributed by atoms with Gasteiger partial charge in [-0.25, -0.2) is 0 Å². The highest BCUT2D eigenvalue weighted by Gasteiger charge is 2.10. The maximum atomic E-state index is 9.16. The van der Waals surface area contributed by atoms with Crippen LogP contribution in [-0.2, 0) is 39.6 Å². The molecule has 0 fully saturated rings. The van der Waals surface area contributed by atoms with Crippen LogP contribution in [0.3, 0.4) is 0 Å². The molecule has 0 saturated heterocycles. The zero-order valence-electron chi connectivity index (χ0n) is 33.5. The van der Waals surface area contributed by atoms with E-state index in [0.29, 0.717) is 83.2 Å². The first-order chi connectivity index (χ1) is 30.4. The Labute approximate surface area is 360 Å². The van der Waals surface area contributed by atoms with Gasteiger partial charge in [0.2, 0.25) is 0 Å². The molecule has 0 unspecified atom stereocenters. The first-order valence-corrected chi connectivity index (χ1v) is 19.5. The summed E-state index contributed by atoms with van der Waals surface area (Å²) in [6.07, 6.45) is 0. The van der Waals surface area contributed by atoms with Crippen molar-refractivity contribution in [2.45, 2.75) is 39.6 Å². The number of nitrogens with zero attached hydrogens (tertiary/aromatic N) is 4. The lowest BCUT2D eigenvalue weighted by atomic mass is 10.1. The Balaban J connectivity index is 1.02. The van der Waals surface area contributed by atoms with Crippen molar-refractivity contribution < 1.29 is 28.4 Å². The topological polar surface area (TPSA) is 151 Å². The lowest BCUT2D eigenvalue weighted by molar-refractivity contribution is 0.276. The van der Waals surface area contributed by atoms with E-state index in [4.69, 9.17) is 49.5 Å². The molecule has 0 spiro atoms. The molecule has 0 bridgehead atoms. The zero-order chi connectivity index (χ0) is 42.9. The molecular formula is C52H38N4O6. The molecule has 10 heteroatoms. The van der Waals surface area contributed by atoms with Crippen LogP contribution in [0.4, 0.5) is 0 Å². The minimum atomic E-state index is 0.212. The van der Waals surface area contributed by atoms with Crippen molar-refractivity contribution in [3.05, 3.63) is 213 Å². The summed E-state index contributed by atoms with van der Waals surface area (Å²) >= 11 is 0. The molecule has 0 aliphatic carbocycles. The van der Waals surface area contributed by atoms with Crippen LogP contribution in [0.2, 0.25) is 0 Å². The standard InChI is InChI=1S/C52H38N4O6/c53-27-37-4-12-41(13-5-37)31-59-49-20-45(21-50(25-49)60-32-42-14-6-38(28-54)7-15-42)35-57-47-2-1-3-48(24-47)58-36-46-22-51(61-33-43-16-8-39(29-55)9-17-43)26-52(23-46)62-34-44-18-10-40(30-56)11-19-44/h1-26H,31-36H2. The van der Waals surface area contributed by atoms with E-state index in [9.17, 15) is 0 Å². The van der Waals surface area contributed by atoms with Crippen LogP contribution >= 0.6 is 0 Å². The fraction of sp³-hybridized carbons (Fsp3) is 0.115. The van der Waals surface area contributed by atoms with E-state index in [1.165, 1.54) is 0 Å². The van der Waals surface area contributed by atoms with Crippen molar-refractivity contribution in [2.75, 3.05) is 0 Å². The van der Waals surface area contributed by atoms with Gasteiger partial charge in [0.25, 0.3) is 0 Å². The first kappa shape index (κ1) is 41.5. The van der Waals surface area contributed by atoms with Crippen LogP contribution in [-0.4, -0.2) is 0 Å². The fourth-order valence-corrected chi connectivity index (χ4v) is 6.12. The van der Waals surface area contributed by atoms with Gasteiger partial charge in [-0.3, -0.25) is 0 Å². The maximum absolute atomic E-state index is 9.16. The van der Waals surface area contributed by atoms with Crippen LogP contribution < -0.4 is 28.4 Å². The Morgan fingerprint density at radius 2 is 0.484 bits per heavy atom. The van der Waals surface area contributed by atoms with Crippen LogP contribution in [0.15, 0.2) is 158 Å². The average Bonchev–Trinajstić information content (AvgIpc) is 3.33. The lowest BCUT2D eigenvalue weighted by Crippen LogP contribution is -2.02. The summed E-state index contributed by atoms with van der Waals surface area (Å²) in [5.41, 5.74) is 7.59. The molecule has 10 nitrogen and oxygen atoms in total. The predicted octanol–water partition coefficient (Wildman–Crippen LogP) is 10.6. The molecule has 302 valence electrons. The molecule has 7 aromatic rings. The lowest BCUT2D eigenvalue weighted by Gasteiger charge is -2.15. The molecule has 0 N–H and O–H groups in total. The van der Waals surface area contributed by atoms with Gasteiger partial charge in [-0.1, -0.05) is 54.6 Å². The fourth-order valence-electron chi connectivity index (χ4n) is 6.12. The van der Waals surface area contributed by atoms with Gasteiger partial charge in [-0.15, -0.1) is 0 Å². The Kier molecular flexibility index (Phi) is 13.9. The molecule has 0 heterocycles. The summed E-state index contributed by atoms with van der Waals surface area (Å²) in [5, 5.41) is 36.7. The predicted molar refractivity (Wildman–Crippen MR) is 230 cm³/mol. The molecule has 0 radical (unpaired) electrons. The van der Waals surface area contributed by atoms with Gasteiger partial charge in [0, 0.05) is 18.2 Å². The molecule has 0 saturated carbocycles. The first-order valence-electron chi connectivity index (χ1n) is 19.5. The van der Waals surface area contributed by atoms with Gasteiger partial charge in [0.15, 0.2) is 0 Å². The van der Waals surface area contributed by atoms with Crippen molar-refractivity contribution in [3.63, 3.8) is 0 Å². The molecule has 0 aromatic heterocycles. The Hall–Kier alpha value is -8.70. The van der Waals surface area contributed by atoms with Crippen molar-refractivity contribution in [3.8, 4) is 58.8 Å². The van der Waals surface area contributed by atoms with E-state index in [0.717, 1.165) is 33.4 Å². The summed E-state index contributed by atoms with van der Waals surface area (Å²) in [4.78, 5) is 0. The van der Waals surface area contributed by atoms with E-state index in [2.05, 4.69) is 24.3 Å². The molecule has 0 amide bonds. The van der Waals surface area contributed by atoms with Crippen molar-refractivity contribution >= 4 is 0 Å². The number of hydrogen-bond donors (Lipinski definition) is 0. The Morgan fingerprint density at radius 1 is 0.258 bits per heavy atom. The highest BCUT2D eigenvalue weighted by atomic mass is 16.5. The normalized spacial score (nSPS) is 10.3. The average molecular weight is 815 g/mol. The third kappa shape index (κ3) is 12.2. The van der Waals surface area contributed by atoms with E-state index < -0.39 is 0 Å². The van der Waals surface area contributed by atoms with Crippen molar-refractivity contribution in [1.82, 2.24) is 0 Å². The van der Waals surface area contributed by atoms with Gasteiger partial charge in [-0.2, -0.15) is 21.0 Å². The highest BCUT2D eigenvalue weighted by molar-refractivity contribution is 5.42. The molecule has 7 aromatic carbocycles. The number of ether oxygens (including phenoxy) is 6. The monoisotopic (exact) mass is 814 g/mol. The third-order valence-electron chi connectivity index (χ3n) is 9.45. The van der Waals surface area contributed by atoms with Gasteiger partial charge >= 0.3 is 0 Å². The quantitative estimate of drug-likeness (QED) is 0.0818. The van der Waals surface area contributed by atoms with E-state index >= 15 is 0 Å². The molecular weight excluding hydrogens is 777 g/mol. The number of benzene rings is 7. The third-order valence-corrected chi connectivity index (χ3v) is 9.45. The van der Waals surface area contributed by atoms with Crippen LogP contribution in [0.1, 0.15) is 55.6 Å². The largest absolute Gasteiger partial charge is 0.489 e. The SMILES string of the molecule is N#Cc1ccc(COc2cc(COc3cccc(OCc4cc(OCc5ccc(C#N)cc5)cc(OCc5ccc(C#N)cc5)c4)c3)cc(OCc3ccc(C#N)cc3)c2)cc1. The van der Waals surface area contributed by atoms with Crippen LogP contribution in [0.5, 0.6) is 34.5 Å². The molecule has 0 aliphatic heterocycles.